The predicted octanol–water partition coefficient (Wildman–Crippen LogP) is 1.63. The van der Waals surface area contributed by atoms with Crippen molar-refractivity contribution in [3.8, 4) is 5.75 Å². The molecule has 0 fully saturated rings. The van der Waals surface area contributed by atoms with Gasteiger partial charge in [-0.1, -0.05) is 0 Å². The number of allylic oxidation sites excluding steroid dienone is 2. The van der Waals surface area contributed by atoms with E-state index in [4.69, 9.17) is 18.9 Å². The highest BCUT2D eigenvalue weighted by atomic mass is 16.5. The Morgan fingerprint density at radius 3 is 2.18 bits per heavy atom. The van der Waals surface area contributed by atoms with Crippen molar-refractivity contribution in [2.24, 2.45) is 5.92 Å². The van der Waals surface area contributed by atoms with Crippen LogP contribution in [0.25, 0.3) is 0 Å². The standard InChI is InChI=1S/C24H28N2O8/c1-13-19(22(28)32-4)21(20(14(2)25-13)23(29)33-5)24(30)34-12-18(27)26-10-6-7-15-11-16(31-3)8-9-17(15)26/h8-9,11,21,25H,6-7,10,12H2,1-5H3. The third-order valence-corrected chi connectivity index (χ3v) is 5.85. The van der Waals surface area contributed by atoms with E-state index in [0.29, 0.717) is 23.7 Å². The van der Waals surface area contributed by atoms with Gasteiger partial charge in [-0.3, -0.25) is 9.59 Å². The van der Waals surface area contributed by atoms with E-state index in [1.54, 1.807) is 38.0 Å². The van der Waals surface area contributed by atoms with Crippen LogP contribution in [0.15, 0.2) is 40.7 Å². The second-order valence-corrected chi connectivity index (χ2v) is 7.87. The van der Waals surface area contributed by atoms with Crippen molar-refractivity contribution in [2.45, 2.75) is 26.7 Å². The summed E-state index contributed by atoms with van der Waals surface area (Å²) in [5.74, 6) is -3.65. The molecule has 0 aliphatic carbocycles. The molecular weight excluding hydrogens is 444 g/mol. The van der Waals surface area contributed by atoms with Crippen molar-refractivity contribution in [1.82, 2.24) is 5.32 Å². The second kappa shape index (κ2) is 10.4. The van der Waals surface area contributed by atoms with Gasteiger partial charge in [-0.15, -0.1) is 0 Å². The quantitative estimate of drug-likeness (QED) is 0.486. The Kier molecular flexibility index (Phi) is 7.60. The van der Waals surface area contributed by atoms with E-state index >= 15 is 0 Å². The van der Waals surface area contributed by atoms with Crippen LogP contribution in [0.5, 0.6) is 5.75 Å². The summed E-state index contributed by atoms with van der Waals surface area (Å²) in [6.45, 7) is 3.07. The molecular formula is C24H28N2O8. The molecule has 182 valence electrons. The van der Waals surface area contributed by atoms with E-state index in [2.05, 4.69) is 5.32 Å². The number of aryl methyl sites for hydroxylation is 1. The van der Waals surface area contributed by atoms with Crippen LogP contribution in [-0.4, -0.2) is 58.3 Å². The van der Waals surface area contributed by atoms with Crippen LogP contribution < -0.4 is 15.0 Å². The Labute approximate surface area is 197 Å². The molecule has 0 unspecified atom stereocenters. The fourth-order valence-electron chi connectivity index (χ4n) is 4.24. The van der Waals surface area contributed by atoms with Gasteiger partial charge in [0.15, 0.2) is 6.61 Å². The summed E-state index contributed by atoms with van der Waals surface area (Å²) in [5.41, 5.74) is 2.20. The van der Waals surface area contributed by atoms with Crippen LogP contribution in [0.2, 0.25) is 0 Å². The molecule has 0 spiro atoms. The average molecular weight is 472 g/mol. The Bertz CT molecular complexity index is 1050. The largest absolute Gasteiger partial charge is 0.497 e. The number of rotatable bonds is 6. The van der Waals surface area contributed by atoms with Crippen LogP contribution in [0.4, 0.5) is 5.69 Å². The minimum absolute atomic E-state index is 0.0821. The van der Waals surface area contributed by atoms with Gasteiger partial charge >= 0.3 is 17.9 Å². The molecule has 1 N–H and O–H groups in total. The lowest BCUT2D eigenvalue weighted by atomic mass is 9.85. The molecule has 0 aromatic heterocycles. The monoisotopic (exact) mass is 472 g/mol. The van der Waals surface area contributed by atoms with Gasteiger partial charge < -0.3 is 29.2 Å². The van der Waals surface area contributed by atoms with E-state index in [1.807, 2.05) is 6.07 Å². The molecule has 2 heterocycles. The first-order valence-corrected chi connectivity index (χ1v) is 10.7. The van der Waals surface area contributed by atoms with Crippen molar-refractivity contribution in [3.05, 3.63) is 46.3 Å². The van der Waals surface area contributed by atoms with Crippen LogP contribution in [0.3, 0.4) is 0 Å². The number of hydrogen-bond donors (Lipinski definition) is 1. The van der Waals surface area contributed by atoms with Gasteiger partial charge in [-0.25, -0.2) is 9.59 Å². The van der Waals surface area contributed by atoms with Crippen LogP contribution in [0, 0.1) is 5.92 Å². The van der Waals surface area contributed by atoms with Crippen molar-refractivity contribution in [2.75, 3.05) is 39.4 Å². The highest BCUT2D eigenvalue weighted by Gasteiger charge is 2.42. The number of anilines is 1. The van der Waals surface area contributed by atoms with Crippen LogP contribution >= 0.6 is 0 Å². The summed E-state index contributed by atoms with van der Waals surface area (Å²) in [6.07, 6.45) is 1.54. The zero-order valence-corrected chi connectivity index (χ0v) is 19.9. The smallest absolute Gasteiger partial charge is 0.336 e. The first-order valence-electron chi connectivity index (χ1n) is 10.7. The predicted molar refractivity (Wildman–Crippen MR) is 121 cm³/mol. The molecule has 0 saturated carbocycles. The molecule has 34 heavy (non-hydrogen) atoms. The Morgan fingerprint density at radius 1 is 1.00 bits per heavy atom. The van der Waals surface area contributed by atoms with E-state index < -0.39 is 36.3 Å². The number of amides is 1. The number of ether oxygens (including phenoxy) is 4. The topological polar surface area (TPSA) is 120 Å². The normalized spacial score (nSPS) is 15.9. The van der Waals surface area contributed by atoms with Crippen molar-refractivity contribution >= 4 is 29.5 Å². The third kappa shape index (κ3) is 4.75. The zero-order chi connectivity index (χ0) is 25.0. The molecule has 0 saturated heterocycles. The summed E-state index contributed by atoms with van der Waals surface area (Å²) in [7, 11) is 3.91. The zero-order valence-electron chi connectivity index (χ0n) is 19.9. The van der Waals surface area contributed by atoms with Gasteiger partial charge in [0.1, 0.15) is 11.7 Å². The molecule has 1 aromatic rings. The molecule has 10 nitrogen and oxygen atoms in total. The molecule has 1 amide bonds. The lowest BCUT2D eigenvalue weighted by Gasteiger charge is -2.30. The van der Waals surface area contributed by atoms with Gasteiger partial charge in [0.2, 0.25) is 0 Å². The lowest BCUT2D eigenvalue weighted by molar-refractivity contribution is -0.153. The van der Waals surface area contributed by atoms with Crippen molar-refractivity contribution in [3.63, 3.8) is 0 Å². The van der Waals surface area contributed by atoms with E-state index in [0.717, 1.165) is 24.1 Å². The van der Waals surface area contributed by atoms with Gasteiger partial charge in [-0.05, 0) is 50.5 Å². The Morgan fingerprint density at radius 2 is 1.62 bits per heavy atom. The molecule has 0 radical (unpaired) electrons. The van der Waals surface area contributed by atoms with E-state index in [1.165, 1.54) is 14.2 Å². The summed E-state index contributed by atoms with van der Waals surface area (Å²) in [6, 6.07) is 5.43. The summed E-state index contributed by atoms with van der Waals surface area (Å²) in [5, 5.41) is 2.90. The third-order valence-electron chi connectivity index (χ3n) is 5.85. The maximum absolute atomic E-state index is 13.1. The summed E-state index contributed by atoms with van der Waals surface area (Å²) in [4.78, 5) is 52.6. The highest BCUT2D eigenvalue weighted by molar-refractivity contribution is 6.06. The number of benzene rings is 1. The van der Waals surface area contributed by atoms with Gasteiger partial charge in [-0.2, -0.15) is 0 Å². The number of carbonyl (C=O) groups is 4. The number of esters is 3. The molecule has 2 aliphatic heterocycles. The summed E-state index contributed by atoms with van der Waals surface area (Å²) < 4.78 is 20.2. The maximum atomic E-state index is 13.1. The molecule has 0 bridgehead atoms. The van der Waals surface area contributed by atoms with Gasteiger partial charge in [0, 0.05) is 23.6 Å². The fourth-order valence-corrected chi connectivity index (χ4v) is 4.24. The SMILES string of the molecule is COC(=O)C1=C(C)NC(C)=C(C(=O)OC)C1C(=O)OCC(=O)N1CCCc2cc(OC)ccc21. The van der Waals surface area contributed by atoms with E-state index in [-0.39, 0.29) is 11.1 Å². The van der Waals surface area contributed by atoms with Crippen LogP contribution in [-0.2, 0) is 39.8 Å². The molecule has 3 rings (SSSR count). The number of dihydropyridines is 1. The fraction of sp³-hybridized carbons (Fsp3) is 0.417. The first kappa shape index (κ1) is 24.8. The number of hydrogen-bond acceptors (Lipinski definition) is 9. The first-order chi connectivity index (χ1) is 16.2. The Hall–Kier alpha value is -3.82. The van der Waals surface area contributed by atoms with Crippen LogP contribution in [0.1, 0.15) is 25.8 Å². The molecule has 0 atom stereocenters. The molecule has 2 aliphatic rings. The maximum Gasteiger partial charge on any atom is 0.336 e. The number of fused-ring (bicyclic) bond motifs is 1. The molecule has 1 aromatic carbocycles. The summed E-state index contributed by atoms with van der Waals surface area (Å²) >= 11 is 0. The highest BCUT2D eigenvalue weighted by Crippen LogP contribution is 2.33. The Balaban J connectivity index is 1.83. The van der Waals surface area contributed by atoms with Gasteiger partial charge in [0.25, 0.3) is 5.91 Å². The van der Waals surface area contributed by atoms with Crippen molar-refractivity contribution < 1.29 is 38.1 Å². The van der Waals surface area contributed by atoms with Crippen molar-refractivity contribution in [1.29, 1.82) is 0 Å². The molecule has 10 heteroatoms. The minimum atomic E-state index is -1.40. The van der Waals surface area contributed by atoms with E-state index in [9.17, 15) is 19.2 Å². The van der Waals surface area contributed by atoms with Gasteiger partial charge in [0.05, 0.1) is 32.5 Å². The lowest BCUT2D eigenvalue weighted by Crippen LogP contribution is -2.41. The number of carbonyl (C=O) groups excluding carboxylic acids is 4. The number of nitrogens with one attached hydrogen (secondary N) is 1. The number of nitrogens with zero attached hydrogens (tertiary/aromatic N) is 1. The average Bonchev–Trinajstić information content (AvgIpc) is 2.84. The minimum Gasteiger partial charge on any atom is -0.497 e. The second-order valence-electron chi connectivity index (χ2n) is 7.87. The number of methoxy groups -OCH3 is 3.